The van der Waals surface area contributed by atoms with Gasteiger partial charge < -0.3 is 20.6 Å². The van der Waals surface area contributed by atoms with E-state index in [4.69, 9.17) is 5.11 Å². The topological polar surface area (TPSA) is 81.7 Å². The molecule has 110 valence electrons. The van der Waals surface area contributed by atoms with E-state index < -0.39 is 5.97 Å². The Hall–Kier alpha value is -1.30. The highest BCUT2D eigenvalue weighted by atomic mass is 16.4. The molecule has 1 aliphatic rings. The normalized spacial score (nSPS) is 17.9. The molecule has 0 spiro atoms. The largest absolute Gasteiger partial charge is 0.481 e. The Morgan fingerprint density at radius 3 is 2.37 bits per heavy atom. The van der Waals surface area contributed by atoms with Crippen LogP contribution in [0.3, 0.4) is 0 Å². The predicted octanol–water partition coefficient (Wildman–Crippen LogP) is 0.881. The Bertz CT molecular complexity index is 320. The van der Waals surface area contributed by atoms with Gasteiger partial charge in [0.25, 0.3) is 0 Å². The summed E-state index contributed by atoms with van der Waals surface area (Å²) in [6.45, 7) is 9.03. The average molecular weight is 271 g/mol. The molecule has 1 rings (SSSR count). The maximum atomic E-state index is 12.1. The first-order chi connectivity index (χ1) is 8.78. The molecule has 1 aliphatic heterocycles. The Kier molecular flexibility index (Phi) is 5.60. The summed E-state index contributed by atoms with van der Waals surface area (Å²) in [6, 6.07) is -0.475. The van der Waals surface area contributed by atoms with Crippen molar-refractivity contribution in [2.24, 2.45) is 5.41 Å². The predicted molar refractivity (Wildman–Crippen MR) is 73.1 cm³/mol. The molecule has 0 saturated carbocycles. The molecular weight excluding hydrogens is 246 g/mol. The fourth-order valence-electron chi connectivity index (χ4n) is 2.26. The molecule has 1 fully saturated rings. The molecule has 19 heavy (non-hydrogen) atoms. The lowest BCUT2D eigenvalue weighted by molar-refractivity contribution is -0.137. The smallest absolute Gasteiger partial charge is 0.317 e. The summed E-state index contributed by atoms with van der Waals surface area (Å²) in [6.07, 6.45) is 0.617. The van der Waals surface area contributed by atoms with Crippen molar-refractivity contribution in [1.29, 1.82) is 0 Å². The molecule has 6 nitrogen and oxygen atoms in total. The van der Waals surface area contributed by atoms with Gasteiger partial charge in [-0.25, -0.2) is 4.79 Å². The lowest BCUT2D eigenvalue weighted by atomic mass is 9.87. The number of nitrogens with one attached hydrogen (secondary N) is 2. The van der Waals surface area contributed by atoms with E-state index in [9.17, 15) is 9.59 Å². The van der Waals surface area contributed by atoms with E-state index in [0.717, 1.165) is 13.1 Å². The third-order valence-corrected chi connectivity index (χ3v) is 3.01. The van der Waals surface area contributed by atoms with Crippen molar-refractivity contribution in [3.05, 3.63) is 0 Å². The molecule has 0 radical (unpaired) electrons. The molecule has 1 saturated heterocycles. The number of rotatable bonds is 4. The zero-order valence-electron chi connectivity index (χ0n) is 12.0. The summed E-state index contributed by atoms with van der Waals surface area (Å²) in [5.74, 6) is -0.880. The second-order valence-electron chi connectivity index (χ2n) is 6.25. The van der Waals surface area contributed by atoms with E-state index in [1.807, 2.05) is 20.8 Å². The van der Waals surface area contributed by atoms with Crippen LogP contribution >= 0.6 is 0 Å². The van der Waals surface area contributed by atoms with Gasteiger partial charge in [-0.2, -0.15) is 0 Å². The minimum absolute atomic E-state index is 0.0170. The van der Waals surface area contributed by atoms with Crippen LogP contribution in [-0.4, -0.2) is 54.2 Å². The summed E-state index contributed by atoms with van der Waals surface area (Å²) < 4.78 is 0. The van der Waals surface area contributed by atoms with Gasteiger partial charge in [0.05, 0.1) is 6.42 Å². The summed E-state index contributed by atoms with van der Waals surface area (Å²) in [7, 11) is 0. The molecular formula is C13H25N3O3. The van der Waals surface area contributed by atoms with Crippen molar-refractivity contribution in [2.75, 3.05) is 26.2 Å². The molecule has 0 bridgehead atoms. The number of carboxylic acids is 1. The van der Waals surface area contributed by atoms with Crippen LogP contribution in [0, 0.1) is 5.41 Å². The van der Waals surface area contributed by atoms with Crippen LogP contribution in [0.4, 0.5) is 4.79 Å². The molecule has 0 aliphatic carbocycles. The number of hydrogen-bond donors (Lipinski definition) is 3. The molecule has 0 aromatic heterocycles. The van der Waals surface area contributed by atoms with Crippen LogP contribution < -0.4 is 10.6 Å². The minimum Gasteiger partial charge on any atom is -0.481 e. The van der Waals surface area contributed by atoms with Crippen molar-refractivity contribution in [1.82, 2.24) is 15.5 Å². The maximum Gasteiger partial charge on any atom is 0.317 e. The first kappa shape index (κ1) is 15.8. The lowest BCUT2D eigenvalue weighted by Gasteiger charge is -2.31. The second kappa shape index (κ2) is 6.75. The quantitative estimate of drug-likeness (QED) is 0.709. The van der Waals surface area contributed by atoms with Crippen LogP contribution in [0.25, 0.3) is 0 Å². The molecule has 0 aromatic carbocycles. The van der Waals surface area contributed by atoms with Gasteiger partial charge in [-0.3, -0.25) is 4.79 Å². The monoisotopic (exact) mass is 271 g/mol. The summed E-state index contributed by atoms with van der Waals surface area (Å²) in [4.78, 5) is 24.7. The zero-order chi connectivity index (χ0) is 14.5. The number of amides is 2. The molecule has 1 unspecified atom stereocenters. The number of urea groups is 1. The van der Waals surface area contributed by atoms with Crippen LogP contribution in [-0.2, 0) is 4.79 Å². The molecule has 3 N–H and O–H groups in total. The van der Waals surface area contributed by atoms with Gasteiger partial charge in [-0.1, -0.05) is 20.8 Å². The Morgan fingerprint density at radius 2 is 1.89 bits per heavy atom. The minimum atomic E-state index is -0.880. The highest BCUT2D eigenvalue weighted by Gasteiger charge is 2.25. The average Bonchev–Trinajstić information content (AvgIpc) is 2.26. The van der Waals surface area contributed by atoms with E-state index in [1.165, 1.54) is 0 Å². The number of piperazine rings is 1. The SMILES string of the molecule is CC(C)(C)CC(CC(=O)O)NC(=O)N1CCNCC1. The van der Waals surface area contributed by atoms with E-state index in [-0.39, 0.29) is 23.9 Å². The van der Waals surface area contributed by atoms with E-state index in [1.54, 1.807) is 4.90 Å². The van der Waals surface area contributed by atoms with Crippen LogP contribution in [0.15, 0.2) is 0 Å². The molecule has 6 heteroatoms. The van der Waals surface area contributed by atoms with Gasteiger partial charge in [-0.05, 0) is 11.8 Å². The number of carbonyl (C=O) groups excluding carboxylic acids is 1. The highest BCUT2D eigenvalue weighted by Crippen LogP contribution is 2.22. The van der Waals surface area contributed by atoms with Crippen LogP contribution in [0.1, 0.15) is 33.6 Å². The van der Waals surface area contributed by atoms with Gasteiger partial charge in [0.15, 0.2) is 0 Å². The second-order valence-corrected chi connectivity index (χ2v) is 6.25. The van der Waals surface area contributed by atoms with Crippen LogP contribution in [0.2, 0.25) is 0 Å². The standard InChI is InChI=1S/C13H25N3O3/c1-13(2,3)9-10(8-11(17)18)15-12(19)16-6-4-14-5-7-16/h10,14H,4-9H2,1-3H3,(H,15,19)(H,17,18). The summed E-state index contributed by atoms with van der Waals surface area (Å²) >= 11 is 0. The number of aliphatic carboxylic acids is 1. The molecule has 1 atom stereocenters. The van der Waals surface area contributed by atoms with E-state index in [0.29, 0.717) is 19.5 Å². The summed E-state index contributed by atoms with van der Waals surface area (Å²) in [5, 5.41) is 15.0. The van der Waals surface area contributed by atoms with Gasteiger partial charge in [0, 0.05) is 32.2 Å². The number of hydrogen-bond acceptors (Lipinski definition) is 3. The Labute approximate surface area is 114 Å². The van der Waals surface area contributed by atoms with E-state index >= 15 is 0 Å². The Balaban J connectivity index is 2.54. The van der Waals surface area contributed by atoms with Crippen molar-refractivity contribution in [3.8, 4) is 0 Å². The first-order valence-electron chi connectivity index (χ1n) is 6.76. The maximum absolute atomic E-state index is 12.1. The molecule has 1 heterocycles. The number of carboxylic acid groups (broad SMARTS) is 1. The van der Waals surface area contributed by atoms with Crippen molar-refractivity contribution in [3.63, 3.8) is 0 Å². The van der Waals surface area contributed by atoms with Gasteiger partial charge in [-0.15, -0.1) is 0 Å². The lowest BCUT2D eigenvalue weighted by Crippen LogP contribution is -2.53. The van der Waals surface area contributed by atoms with Gasteiger partial charge >= 0.3 is 12.0 Å². The summed E-state index contributed by atoms with van der Waals surface area (Å²) in [5.41, 5.74) is -0.0170. The van der Waals surface area contributed by atoms with Crippen molar-refractivity contribution in [2.45, 2.75) is 39.7 Å². The first-order valence-corrected chi connectivity index (χ1v) is 6.76. The zero-order valence-corrected chi connectivity index (χ0v) is 12.0. The van der Waals surface area contributed by atoms with Crippen molar-refractivity contribution >= 4 is 12.0 Å². The third kappa shape index (κ3) is 6.42. The fourth-order valence-corrected chi connectivity index (χ4v) is 2.26. The molecule has 2 amide bonds. The van der Waals surface area contributed by atoms with Gasteiger partial charge in [0.1, 0.15) is 0 Å². The molecule has 0 aromatic rings. The van der Waals surface area contributed by atoms with Crippen LogP contribution in [0.5, 0.6) is 0 Å². The van der Waals surface area contributed by atoms with Crippen molar-refractivity contribution < 1.29 is 14.7 Å². The number of nitrogens with zero attached hydrogens (tertiary/aromatic N) is 1. The fraction of sp³-hybridized carbons (Fsp3) is 0.846. The third-order valence-electron chi connectivity index (χ3n) is 3.01. The van der Waals surface area contributed by atoms with E-state index in [2.05, 4.69) is 10.6 Å². The number of carbonyl (C=O) groups is 2. The highest BCUT2D eigenvalue weighted by molar-refractivity contribution is 5.76. The van der Waals surface area contributed by atoms with Gasteiger partial charge in [0.2, 0.25) is 0 Å². The Morgan fingerprint density at radius 1 is 1.32 bits per heavy atom.